The summed E-state index contributed by atoms with van der Waals surface area (Å²) in [7, 11) is 2.75. The molecule has 2 aliphatic rings. The highest BCUT2D eigenvalue weighted by Crippen LogP contribution is 2.42. The van der Waals surface area contributed by atoms with Gasteiger partial charge in [-0.05, 0) is 0 Å². The third-order valence-electron chi connectivity index (χ3n) is 3.30. The molecule has 0 spiro atoms. The molecule has 0 unspecified atom stereocenters. The van der Waals surface area contributed by atoms with E-state index >= 15 is 0 Å². The molecule has 2 rings (SSSR count). The van der Waals surface area contributed by atoms with Gasteiger partial charge >= 0.3 is 11.9 Å². The highest BCUT2D eigenvalue weighted by molar-refractivity contribution is 5.79. The van der Waals surface area contributed by atoms with Crippen LogP contribution in [0.1, 0.15) is 0 Å². The normalized spacial score (nSPS) is 34.9. The maximum absolute atomic E-state index is 11.5. The van der Waals surface area contributed by atoms with Crippen molar-refractivity contribution in [3.63, 3.8) is 0 Å². The van der Waals surface area contributed by atoms with E-state index in [1.165, 1.54) is 14.2 Å². The highest BCUT2D eigenvalue weighted by atomic mass is 16.5. The van der Waals surface area contributed by atoms with Gasteiger partial charge in [0, 0.05) is 11.8 Å². The fourth-order valence-corrected chi connectivity index (χ4v) is 2.47. The SMILES string of the molecule is COC(=O)[C@H]1C=C[C@@H]2[C@H]1C=C[C@@H]2C(=O)OC. The minimum Gasteiger partial charge on any atom is -0.469 e. The van der Waals surface area contributed by atoms with Crippen molar-refractivity contribution in [2.75, 3.05) is 14.2 Å². The number of carbonyl (C=O) groups excluding carboxylic acids is 2. The summed E-state index contributed by atoms with van der Waals surface area (Å²) < 4.78 is 9.45. The molecule has 2 aliphatic carbocycles. The molecule has 0 aromatic rings. The Morgan fingerprint density at radius 2 is 1.19 bits per heavy atom. The van der Waals surface area contributed by atoms with Gasteiger partial charge in [-0.2, -0.15) is 0 Å². The van der Waals surface area contributed by atoms with Crippen LogP contribution in [-0.2, 0) is 19.1 Å². The summed E-state index contributed by atoms with van der Waals surface area (Å²) in [5.74, 6) is -0.951. The van der Waals surface area contributed by atoms with Crippen molar-refractivity contribution in [3.8, 4) is 0 Å². The Kier molecular flexibility index (Phi) is 2.81. The van der Waals surface area contributed by atoms with E-state index < -0.39 is 0 Å². The molecule has 0 heterocycles. The summed E-state index contributed by atoms with van der Waals surface area (Å²) in [5, 5.41) is 0. The van der Waals surface area contributed by atoms with Crippen molar-refractivity contribution < 1.29 is 19.1 Å². The number of hydrogen-bond acceptors (Lipinski definition) is 4. The molecule has 86 valence electrons. The molecule has 0 N–H and O–H groups in total. The maximum atomic E-state index is 11.5. The first kappa shape index (κ1) is 10.9. The molecule has 16 heavy (non-hydrogen) atoms. The molecule has 0 saturated heterocycles. The Morgan fingerprint density at radius 1 is 0.812 bits per heavy atom. The monoisotopic (exact) mass is 222 g/mol. The Labute approximate surface area is 93.9 Å². The van der Waals surface area contributed by atoms with E-state index in [-0.39, 0.29) is 35.6 Å². The molecule has 4 heteroatoms. The average Bonchev–Trinajstić information content (AvgIpc) is 2.87. The lowest BCUT2D eigenvalue weighted by molar-refractivity contribution is -0.147. The van der Waals surface area contributed by atoms with Gasteiger partial charge in [0.1, 0.15) is 0 Å². The average molecular weight is 222 g/mol. The van der Waals surface area contributed by atoms with Crippen molar-refractivity contribution in [2.45, 2.75) is 0 Å². The minimum absolute atomic E-state index is 0.0385. The second kappa shape index (κ2) is 4.12. The number of esters is 2. The van der Waals surface area contributed by atoms with Crippen molar-refractivity contribution >= 4 is 11.9 Å². The van der Waals surface area contributed by atoms with Crippen molar-refractivity contribution in [1.82, 2.24) is 0 Å². The van der Waals surface area contributed by atoms with Gasteiger partial charge in [0.2, 0.25) is 0 Å². The smallest absolute Gasteiger partial charge is 0.313 e. The second-order valence-electron chi connectivity index (χ2n) is 4.02. The van der Waals surface area contributed by atoms with Crippen LogP contribution in [0.5, 0.6) is 0 Å². The molecule has 0 aromatic carbocycles. The zero-order valence-corrected chi connectivity index (χ0v) is 9.25. The van der Waals surface area contributed by atoms with E-state index in [1.54, 1.807) is 0 Å². The van der Waals surface area contributed by atoms with E-state index in [4.69, 9.17) is 9.47 Å². The van der Waals surface area contributed by atoms with Crippen LogP contribution in [0.2, 0.25) is 0 Å². The molecule has 0 bridgehead atoms. The number of methoxy groups -OCH3 is 2. The molecular formula is C12H14O4. The van der Waals surface area contributed by atoms with E-state index in [1.807, 2.05) is 24.3 Å². The Bertz CT molecular complexity index is 333. The number of allylic oxidation sites excluding steroid dienone is 2. The van der Waals surface area contributed by atoms with Crippen LogP contribution < -0.4 is 0 Å². The lowest BCUT2D eigenvalue weighted by Gasteiger charge is -2.18. The Morgan fingerprint density at radius 3 is 1.50 bits per heavy atom. The van der Waals surface area contributed by atoms with E-state index in [0.717, 1.165) is 0 Å². The molecule has 4 atom stereocenters. The van der Waals surface area contributed by atoms with Gasteiger partial charge in [-0.1, -0.05) is 24.3 Å². The van der Waals surface area contributed by atoms with Gasteiger partial charge in [-0.3, -0.25) is 9.59 Å². The number of hydrogen-bond donors (Lipinski definition) is 0. The summed E-state index contributed by atoms with van der Waals surface area (Å²) in [4.78, 5) is 23.0. The van der Waals surface area contributed by atoms with Gasteiger partial charge in [0.15, 0.2) is 0 Å². The molecular weight excluding hydrogens is 208 g/mol. The van der Waals surface area contributed by atoms with Crippen LogP contribution in [0.4, 0.5) is 0 Å². The van der Waals surface area contributed by atoms with Crippen molar-refractivity contribution in [1.29, 1.82) is 0 Å². The van der Waals surface area contributed by atoms with Crippen molar-refractivity contribution in [3.05, 3.63) is 24.3 Å². The second-order valence-corrected chi connectivity index (χ2v) is 4.02. The summed E-state index contributed by atoms with van der Waals surface area (Å²) in [6.07, 6.45) is 7.46. The molecule has 0 fully saturated rings. The van der Waals surface area contributed by atoms with E-state index in [2.05, 4.69) is 0 Å². The van der Waals surface area contributed by atoms with Crippen LogP contribution in [0.3, 0.4) is 0 Å². The number of carbonyl (C=O) groups is 2. The first-order chi connectivity index (χ1) is 7.69. The van der Waals surface area contributed by atoms with E-state index in [9.17, 15) is 9.59 Å². The fourth-order valence-electron chi connectivity index (χ4n) is 2.47. The van der Waals surface area contributed by atoms with Gasteiger partial charge < -0.3 is 9.47 Å². The van der Waals surface area contributed by atoms with Crippen LogP contribution >= 0.6 is 0 Å². The van der Waals surface area contributed by atoms with Gasteiger partial charge in [0.25, 0.3) is 0 Å². The Hall–Kier alpha value is -1.58. The predicted molar refractivity (Wildman–Crippen MR) is 56.3 cm³/mol. The first-order valence-electron chi connectivity index (χ1n) is 5.21. The number of rotatable bonds is 2. The molecule has 0 aromatic heterocycles. The van der Waals surface area contributed by atoms with Gasteiger partial charge in [-0.15, -0.1) is 0 Å². The van der Waals surface area contributed by atoms with Gasteiger partial charge in [-0.25, -0.2) is 0 Å². The lowest BCUT2D eigenvalue weighted by atomic mass is 9.86. The topological polar surface area (TPSA) is 52.6 Å². The predicted octanol–water partition coefficient (Wildman–Crippen LogP) is 0.937. The van der Waals surface area contributed by atoms with Crippen LogP contribution in [0.15, 0.2) is 24.3 Å². The minimum atomic E-state index is -0.263. The van der Waals surface area contributed by atoms with Crippen molar-refractivity contribution in [2.24, 2.45) is 23.7 Å². The zero-order valence-electron chi connectivity index (χ0n) is 9.25. The van der Waals surface area contributed by atoms with Crippen LogP contribution in [0.25, 0.3) is 0 Å². The largest absolute Gasteiger partial charge is 0.469 e. The molecule has 0 saturated carbocycles. The molecule has 0 amide bonds. The standard InChI is InChI=1S/C12H14O4/c1-15-11(13)9-5-3-8-7(9)4-6-10(8)12(14)16-2/h3-10H,1-2H3/t7-,8-,9+,10+/m1/s1. The summed E-state index contributed by atoms with van der Waals surface area (Å²) in [5.41, 5.74) is 0. The summed E-state index contributed by atoms with van der Waals surface area (Å²) in [6, 6.07) is 0. The zero-order chi connectivity index (χ0) is 11.7. The summed E-state index contributed by atoms with van der Waals surface area (Å²) >= 11 is 0. The van der Waals surface area contributed by atoms with Gasteiger partial charge in [0.05, 0.1) is 26.1 Å². The van der Waals surface area contributed by atoms with Crippen LogP contribution in [-0.4, -0.2) is 26.2 Å². The molecule has 0 radical (unpaired) electrons. The third-order valence-corrected chi connectivity index (χ3v) is 3.30. The fraction of sp³-hybridized carbons (Fsp3) is 0.500. The highest BCUT2D eigenvalue weighted by Gasteiger charge is 2.44. The number of ether oxygens (including phenoxy) is 2. The molecule has 4 nitrogen and oxygen atoms in total. The quantitative estimate of drug-likeness (QED) is 0.515. The molecule has 0 aliphatic heterocycles. The Balaban J connectivity index is 2.13. The van der Waals surface area contributed by atoms with Crippen LogP contribution in [0, 0.1) is 23.7 Å². The maximum Gasteiger partial charge on any atom is 0.313 e. The number of fused-ring (bicyclic) bond motifs is 1. The third kappa shape index (κ3) is 1.54. The lowest BCUT2D eigenvalue weighted by Crippen LogP contribution is -2.26. The van der Waals surface area contributed by atoms with E-state index in [0.29, 0.717) is 0 Å². The summed E-state index contributed by atoms with van der Waals surface area (Å²) in [6.45, 7) is 0. The first-order valence-corrected chi connectivity index (χ1v) is 5.21.